The van der Waals surface area contributed by atoms with Gasteiger partial charge in [-0.15, -0.1) is 12.4 Å². The Bertz CT molecular complexity index is 1030. The zero-order valence-corrected chi connectivity index (χ0v) is 16.5. The normalized spacial score (nSPS) is 19.2. The van der Waals surface area contributed by atoms with Gasteiger partial charge >= 0.3 is 5.76 Å². The van der Waals surface area contributed by atoms with Crippen molar-refractivity contribution >= 4 is 24.0 Å². The first-order valence-corrected chi connectivity index (χ1v) is 8.95. The summed E-state index contributed by atoms with van der Waals surface area (Å²) < 4.78 is 30.6. The molecule has 2 aromatic heterocycles. The molecule has 1 aliphatic heterocycles. The third-order valence-electron chi connectivity index (χ3n) is 4.25. The fraction of sp³-hybridized carbons (Fsp3) is 0.278. The van der Waals surface area contributed by atoms with Gasteiger partial charge in [0, 0.05) is 19.3 Å². The number of hydrogen-bond acceptors (Lipinski definition) is 7. The molecular formula is C18H17Cl2FN4O4. The van der Waals surface area contributed by atoms with E-state index in [0.717, 1.165) is 0 Å². The van der Waals surface area contributed by atoms with Gasteiger partial charge in [-0.1, -0.05) is 22.8 Å². The summed E-state index contributed by atoms with van der Waals surface area (Å²) in [7, 11) is 0. The molecular weight excluding hydrogens is 426 g/mol. The van der Waals surface area contributed by atoms with Crippen molar-refractivity contribution in [3.05, 3.63) is 63.5 Å². The maximum atomic E-state index is 14.0. The molecule has 0 unspecified atom stereocenters. The summed E-state index contributed by atoms with van der Waals surface area (Å²) in [6.07, 6.45) is 0.513. The van der Waals surface area contributed by atoms with Gasteiger partial charge in [-0.3, -0.25) is 9.51 Å². The summed E-state index contributed by atoms with van der Waals surface area (Å²) in [6, 6.07) is 7.92. The smallest absolute Gasteiger partial charge is 0.439 e. The highest BCUT2D eigenvalue weighted by Crippen LogP contribution is 2.31. The van der Waals surface area contributed by atoms with E-state index in [9.17, 15) is 9.18 Å². The second kappa shape index (κ2) is 9.36. The van der Waals surface area contributed by atoms with Crippen LogP contribution in [0.15, 0.2) is 45.8 Å². The molecule has 0 bridgehead atoms. The van der Waals surface area contributed by atoms with E-state index >= 15 is 0 Å². The van der Waals surface area contributed by atoms with Crippen molar-refractivity contribution in [3.8, 4) is 17.3 Å². The van der Waals surface area contributed by atoms with E-state index in [1.54, 1.807) is 24.4 Å². The summed E-state index contributed by atoms with van der Waals surface area (Å²) in [6.45, 7) is 1.52. The first kappa shape index (κ1) is 21.3. The lowest BCUT2D eigenvalue weighted by Crippen LogP contribution is -2.34. The SMILES string of the molecule is Cl.O=c1[nH]c(-c2ncccc2O[C@@H]2CNCCO[C@H]2c2ccc(Cl)c(F)c2)no1. The molecule has 0 radical (unpaired) electrons. The van der Waals surface area contributed by atoms with Gasteiger partial charge < -0.3 is 14.8 Å². The molecule has 29 heavy (non-hydrogen) atoms. The van der Waals surface area contributed by atoms with Crippen LogP contribution < -0.4 is 15.8 Å². The van der Waals surface area contributed by atoms with Crippen LogP contribution in [0.25, 0.3) is 11.5 Å². The summed E-state index contributed by atoms with van der Waals surface area (Å²) in [5.74, 6) is -0.692. The van der Waals surface area contributed by atoms with E-state index < -0.39 is 23.8 Å². The molecule has 1 aromatic carbocycles. The van der Waals surface area contributed by atoms with E-state index in [4.69, 9.17) is 21.1 Å². The topological polar surface area (TPSA) is 102 Å². The average Bonchev–Trinajstić information content (AvgIpc) is 2.99. The highest BCUT2D eigenvalue weighted by Gasteiger charge is 2.30. The lowest BCUT2D eigenvalue weighted by Gasteiger charge is -2.26. The number of benzene rings is 1. The zero-order chi connectivity index (χ0) is 19.5. The van der Waals surface area contributed by atoms with E-state index in [-0.39, 0.29) is 23.3 Å². The number of rotatable bonds is 4. The third kappa shape index (κ3) is 4.76. The fourth-order valence-corrected chi connectivity index (χ4v) is 3.10. The quantitative estimate of drug-likeness (QED) is 0.640. The summed E-state index contributed by atoms with van der Waals surface area (Å²) in [5.41, 5.74) is 0.925. The molecule has 3 heterocycles. The second-order valence-electron chi connectivity index (χ2n) is 6.12. The maximum Gasteiger partial charge on any atom is 0.439 e. The highest BCUT2D eigenvalue weighted by molar-refractivity contribution is 6.30. The van der Waals surface area contributed by atoms with Crippen molar-refractivity contribution in [2.45, 2.75) is 12.2 Å². The van der Waals surface area contributed by atoms with Crippen molar-refractivity contribution in [1.29, 1.82) is 0 Å². The standard InChI is InChI=1S/C18H16ClFN4O4.ClH/c19-11-4-3-10(8-12(11)20)16-14(9-21-6-7-26-16)27-13-2-1-5-22-15(13)17-23-18(25)28-24-17;/h1-5,8,14,16,21H,6-7,9H2,(H,23,24,25);1H/t14-,16+;/m1./s1. The van der Waals surface area contributed by atoms with Gasteiger partial charge in [-0.25, -0.2) is 14.2 Å². The number of hydrogen-bond donors (Lipinski definition) is 2. The Morgan fingerprint density at radius 2 is 2.17 bits per heavy atom. The molecule has 0 spiro atoms. The fourth-order valence-electron chi connectivity index (χ4n) is 2.98. The lowest BCUT2D eigenvalue weighted by atomic mass is 10.0. The molecule has 8 nitrogen and oxygen atoms in total. The van der Waals surface area contributed by atoms with E-state index in [2.05, 4.69) is 25.0 Å². The van der Waals surface area contributed by atoms with Gasteiger partial charge in [0.25, 0.3) is 0 Å². The van der Waals surface area contributed by atoms with Crippen molar-refractivity contribution in [1.82, 2.24) is 20.4 Å². The zero-order valence-electron chi connectivity index (χ0n) is 14.9. The molecule has 2 N–H and O–H groups in total. The number of nitrogens with one attached hydrogen (secondary N) is 2. The van der Waals surface area contributed by atoms with Crippen LogP contribution in [0.3, 0.4) is 0 Å². The van der Waals surface area contributed by atoms with Crippen LogP contribution in [0.1, 0.15) is 11.7 Å². The van der Waals surface area contributed by atoms with Crippen LogP contribution in [0.4, 0.5) is 4.39 Å². The van der Waals surface area contributed by atoms with Crippen LogP contribution in [-0.4, -0.2) is 40.9 Å². The Hall–Kier alpha value is -2.46. The first-order valence-electron chi connectivity index (χ1n) is 8.57. The largest absolute Gasteiger partial charge is 0.484 e. The van der Waals surface area contributed by atoms with Crippen molar-refractivity contribution in [2.24, 2.45) is 0 Å². The molecule has 154 valence electrons. The molecule has 4 rings (SSSR count). The highest BCUT2D eigenvalue weighted by atomic mass is 35.5. The third-order valence-corrected chi connectivity index (χ3v) is 4.55. The number of H-pyrrole nitrogens is 1. The van der Waals surface area contributed by atoms with Crippen molar-refractivity contribution in [2.75, 3.05) is 19.7 Å². The Balaban J connectivity index is 0.00000240. The minimum absolute atomic E-state index is 0. The molecule has 0 saturated carbocycles. The monoisotopic (exact) mass is 442 g/mol. The summed E-state index contributed by atoms with van der Waals surface area (Å²) in [4.78, 5) is 17.9. The Morgan fingerprint density at radius 3 is 2.93 bits per heavy atom. The van der Waals surface area contributed by atoms with Gasteiger partial charge in [0.1, 0.15) is 23.8 Å². The summed E-state index contributed by atoms with van der Waals surface area (Å²) in [5, 5.41) is 6.92. The van der Waals surface area contributed by atoms with Gasteiger partial charge in [0.15, 0.2) is 5.69 Å². The molecule has 0 amide bonds. The van der Waals surface area contributed by atoms with Crippen LogP contribution in [0.2, 0.25) is 5.02 Å². The lowest BCUT2D eigenvalue weighted by molar-refractivity contribution is -0.00845. The number of aromatic amines is 1. The Morgan fingerprint density at radius 1 is 1.31 bits per heavy atom. The van der Waals surface area contributed by atoms with E-state index in [1.807, 2.05) is 0 Å². The number of nitrogens with zero attached hydrogens (tertiary/aromatic N) is 2. The van der Waals surface area contributed by atoms with Crippen LogP contribution in [-0.2, 0) is 4.74 Å². The van der Waals surface area contributed by atoms with Crippen LogP contribution in [0, 0.1) is 5.82 Å². The minimum Gasteiger partial charge on any atom is -0.484 e. The van der Waals surface area contributed by atoms with Crippen LogP contribution in [0.5, 0.6) is 5.75 Å². The Kier molecular flexibility index (Phi) is 6.86. The predicted octanol–water partition coefficient (Wildman–Crippen LogP) is 2.75. The number of pyridine rings is 1. The Labute approximate surface area is 175 Å². The molecule has 1 aliphatic rings. The van der Waals surface area contributed by atoms with Gasteiger partial charge in [0.2, 0.25) is 5.82 Å². The summed E-state index contributed by atoms with van der Waals surface area (Å²) >= 11 is 5.80. The minimum atomic E-state index is -0.694. The van der Waals surface area contributed by atoms with E-state index in [1.165, 1.54) is 12.1 Å². The number of ether oxygens (including phenoxy) is 2. The van der Waals surface area contributed by atoms with Crippen molar-refractivity contribution in [3.63, 3.8) is 0 Å². The molecule has 2 atom stereocenters. The molecule has 11 heteroatoms. The molecule has 1 fully saturated rings. The second-order valence-corrected chi connectivity index (χ2v) is 6.53. The van der Waals surface area contributed by atoms with Gasteiger partial charge in [0.05, 0.1) is 11.6 Å². The predicted molar refractivity (Wildman–Crippen MR) is 105 cm³/mol. The van der Waals surface area contributed by atoms with Gasteiger partial charge in [-0.05, 0) is 29.8 Å². The van der Waals surface area contributed by atoms with Gasteiger partial charge in [-0.2, -0.15) is 0 Å². The van der Waals surface area contributed by atoms with Crippen molar-refractivity contribution < 1.29 is 18.4 Å². The maximum absolute atomic E-state index is 14.0. The average molecular weight is 443 g/mol. The van der Waals surface area contributed by atoms with E-state index in [0.29, 0.717) is 36.7 Å². The molecule has 3 aromatic rings. The molecule has 1 saturated heterocycles. The molecule has 0 aliphatic carbocycles. The van der Waals surface area contributed by atoms with Crippen LogP contribution >= 0.6 is 24.0 Å². The number of aromatic nitrogens is 3. The first-order chi connectivity index (χ1) is 13.6. The number of halogens is 3.